The molecule has 2 heterocycles. The first kappa shape index (κ1) is 21.0. The Balaban J connectivity index is 1.56. The van der Waals surface area contributed by atoms with E-state index in [2.05, 4.69) is 20.6 Å². The number of amides is 4. The predicted molar refractivity (Wildman–Crippen MR) is 116 cm³/mol. The summed E-state index contributed by atoms with van der Waals surface area (Å²) in [5.41, 5.74) is 3.85. The third kappa shape index (κ3) is 4.41. The Bertz CT molecular complexity index is 1130. The zero-order valence-electron chi connectivity index (χ0n) is 17.3. The van der Waals surface area contributed by atoms with Crippen molar-refractivity contribution in [3.05, 3.63) is 77.7 Å². The van der Waals surface area contributed by atoms with Crippen LogP contribution in [0.1, 0.15) is 27.5 Å². The largest absolute Gasteiger partial charge is 0.497 e. The molecule has 4 rings (SSSR count). The number of ether oxygens (including phenoxy) is 1. The molecule has 3 aromatic rings. The number of hydrogen-bond acceptors (Lipinski definition) is 6. The van der Waals surface area contributed by atoms with Crippen molar-refractivity contribution in [3.63, 3.8) is 0 Å². The first-order chi connectivity index (χ1) is 15.6. The highest BCUT2D eigenvalue weighted by molar-refractivity contribution is 5.98. The summed E-state index contributed by atoms with van der Waals surface area (Å²) < 4.78 is 5.25. The maximum atomic E-state index is 12.9. The third-order valence-corrected chi connectivity index (χ3v) is 5.26. The van der Waals surface area contributed by atoms with E-state index in [0.717, 1.165) is 22.4 Å². The molecule has 0 unspecified atom stereocenters. The fraction of sp³-hybridized carbons (Fsp3) is 0.174. The summed E-state index contributed by atoms with van der Waals surface area (Å²) >= 11 is 0. The van der Waals surface area contributed by atoms with E-state index < -0.39 is 12.1 Å². The predicted octanol–water partition coefficient (Wildman–Crippen LogP) is 2.30. The van der Waals surface area contributed by atoms with Crippen LogP contribution in [0.2, 0.25) is 0 Å². The lowest BCUT2D eigenvalue weighted by atomic mass is 10.0. The zero-order valence-corrected chi connectivity index (χ0v) is 17.3. The Morgan fingerprint density at radius 3 is 2.72 bits per heavy atom. The van der Waals surface area contributed by atoms with Crippen LogP contribution in [0.5, 0.6) is 5.75 Å². The number of fused-ring (bicyclic) bond motifs is 1. The van der Waals surface area contributed by atoms with E-state index in [9.17, 15) is 14.4 Å². The molecule has 9 heteroatoms. The van der Waals surface area contributed by atoms with Crippen molar-refractivity contribution in [2.24, 2.45) is 0 Å². The summed E-state index contributed by atoms with van der Waals surface area (Å²) in [6, 6.07) is 11.6. The highest BCUT2D eigenvalue weighted by Crippen LogP contribution is 2.29. The van der Waals surface area contributed by atoms with Gasteiger partial charge in [0.05, 0.1) is 25.0 Å². The summed E-state index contributed by atoms with van der Waals surface area (Å²) in [7, 11) is 1.58. The van der Waals surface area contributed by atoms with Crippen LogP contribution in [0.4, 0.5) is 4.79 Å². The highest BCUT2D eigenvalue weighted by atomic mass is 16.5. The zero-order chi connectivity index (χ0) is 22.5. The molecule has 9 nitrogen and oxygen atoms in total. The molecule has 1 aliphatic heterocycles. The molecule has 2 aromatic carbocycles. The molecule has 162 valence electrons. The van der Waals surface area contributed by atoms with Crippen molar-refractivity contribution >= 4 is 18.3 Å². The Kier molecular flexibility index (Phi) is 6.07. The van der Waals surface area contributed by atoms with E-state index in [4.69, 9.17) is 4.74 Å². The molecule has 0 saturated heterocycles. The molecule has 1 aromatic heterocycles. The fourth-order valence-electron chi connectivity index (χ4n) is 3.67. The Hall–Kier alpha value is -4.27. The van der Waals surface area contributed by atoms with Gasteiger partial charge in [0.25, 0.3) is 5.91 Å². The van der Waals surface area contributed by atoms with Crippen LogP contribution in [0.15, 0.2) is 61.1 Å². The minimum Gasteiger partial charge on any atom is -0.497 e. The van der Waals surface area contributed by atoms with Gasteiger partial charge in [-0.05, 0) is 29.3 Å². The summed E-state index contributed by atoms with van der Waals surface area (Å²) in [6.07, 6.45) is 5.19. The smallest absolute Gasteiger partial charge is 0.321 e. The maximum Gasteiger partial charge on any atom is 0.321 e. The van der Waals surface area contributed by atoms with Crippen molar-refractivity contribution < 1.29 is 19.1 Å². The standard InChI is InChI=1S/C23H21N5O4/c1-32-18-6-7-19-17(10-18)12-28(22(19)30)13-21(27-23(31)26-14-29)16-4-2-15(3-5-16)20-11-24-8-9-25-20/h2-11,14,21H,12-13H2,1H3,(H2,26,27,29,31)/t21-/m0/s1. The van der Waals surface area contributed by atoms with Crippen molar-refractivity contribution in [1.82, 2.24) is 25.5 Å². The van der Waals surface area contributed by atoms with Crippen molar-refractivity contribution in [1.29, 1.82) is 0 Å². The van der Waals surface area contributed by atoms with Gasteiger partial charge in [-0.25, -0.2) is 4.79 Å². The van der Waals surface area contributed by atoms with Gasteiger partial charge in [0.15, 0.2) is 0 Å². The maximum absolute atomic E-state index is 12.9. The third-order valence-electron chi connectivity index (χ3n) is 5.26. The topological polar surface area (TPSA) is 114 Å². The number of urea groups is 1. The van der Waals surface area contributed by atoms with Crippen molar-refractivity contribution in [3.8, 4) is 17.0 Å². The van der Waals surface area contributed by atoms with Gasteiger partial charge < -0.3 is 15.0 Å². The monoisotopic (exact) mass is 431 g/mol. The molecule has 4 amide bonds. The van der Waals surface area contributed by atoms with E-state index in [-0.39, 0.29) is 12.5 Å². The molecule has 0 bridgehead atoms. The summed E-state index contributed by atoms with van der Waals surface area (Å²) in [5, 5.41) is 4.84. The normalized spacial score (nSPS) is 13.3. The lowest BCUT2D eigenvalue weighted by Crippen LogP contribution is -2.42. The highest BCUT2D eigenvalue weighted by Gasteiger charge is 2.30. The second-order valence-corrected chi connectivity index (χ2v) is 7.21. The number of nitrogens with one attached hydrogen (secondary N) is 2. The summed E-state index contributed by atoms with van der Waals surface area (Å²) in [5.74, 6) is 0.555. The van der Waals surface area contributed by atoms with Gasteiger partial charge in [0.1, 0.15) is 5.75 Å². The van der Waals surface area contributed by atoms with Gasteiger partial charge in [-0.3, -0.25) is 24.9 Å². The van der Waals surface area contributed by atoms with E-state index >= 15 is 0 Å². The van der Waals surface area contributed by atoms with E-state index in [1.165, 1.54) is 0 Å². The second kappa shape index (κ2) is 9.25. The van der Waals surface area contributed by atoms with Crippen LogP contribution in [0, 0.1) is 0 Å². The number of imide groups is 1. The van der Waals surface area contributed by atoms with E-state index in [1.807, 2.05) is 30.3 Å². The van der Waals surface area contributed by atoms with E-state index in [0.29, 0.717) is 24.3 Å². The van der Waals surface area contributed by atoms with Gasteiger partial charge >= 0.3 is 6.03 Å². The Morgan fingerprint density at radius 2 is 2.03 bits per heavy atom. The number of aromatic nitrogens is 2. The van der Waals surface area contributed by atoms with Crippen LogP contribution in [-0.4, -0.2) is 46.9 Å². The van der Waals surface area contributed by atoms with Crippen LogP contribution in [0.3, 0.4) is 0 Å². The van der Waals surface area contributed by atoms with E-state index in [1.54, 1.807) is 42.7 Å². The first-order valence-electron chi connectivity index (χ1n) is 9.92. The number of nitrogens with zero attached hydrogens (tertiary/aromatic N) is 3. The second-order valence-electron chi connectivity index (χ2n) is 7.21. The molecule has 2 N–H and O–H groups in total. The average molecular weight is 431 g/mol. The Labute approximate surface area is 184 Å². The van der Waals surface area contributed by atoms with Crippen LogP contribution >= 0.6 is 0 Å². The molecule has 32 heavy (non-hydrogen) atoms. The molecule has 0 radical (unpaired) electrons. The molecule has 0 aliphatic carbocycles. The molecule has 0 saturated carbocycles. The quantitative estimate of drug-likeness (QED) is 0.555. The number of hydrogen-bond donors (Lipinski definition) is 2. The minimum absolute atomic E-state index is 0.124. The average Bonchev–Trinajstić information content (AvgIpc) is 3.14. The molecule has 0 fully saturated rings. The van der Waals surface area contributed by atoms with Gasteiger partial charge in [-0.2, -0.15) is 0 Å². The first-order valence-corrected chi connectivity index (χ1v) is 9.92. The number of carbonyl (C=O) groups excluding carboxylic acids is 3. The molecule has 0 spiro atoms. The van der Waals surface area contributed by atoms with Gasteiger partial charge in [0.2, 0.25) is 6.41 Å². The van der Waals surface area contributed by atoms with Crippen LogP contribution < -0.4 is 15.4 Å². The van der Waals surface area contributed by atoms with Crippen LogP contribution in [0.25, 0.3) is 11.3 Å². The SMILES string of the molecule is COc1ccc2c(c1)CN(C[C@H](NC(=O)NC=O)c1ccc(-c3cnccn3)cc1)C2=O. The number of benzene rings is 2. The lowest BCUT2D eigenvalue weighted by molar-refractivity contribution is -0.108. The van der Waals surface area contributed by atoms with Gasteiger partial charge in [0, 0.05) is 36.6 Å². The molecular formula is C23H21N5O4. The summed E-state index contributed by atoms with van der Waals surface area (Å²) in [4.78, 5) is 45.7. The number of methoxy groups -OCH3 is 1. The minimum atomic E-state index is -0.645. The number of carbonyl (C=O) groups is 3. The number of rotatable bonds is 7. The lowest BCUT2D eigenvalue weighted by Gasteiger charge is -2.25. The molecule has 1 aliphatic rings. The molecular weight excluding hydrogens is 410 g/mol. The van der Waals surface area contributed by atoms with Gasteiger partial charge in [-0.15, -0.1) is 0 Å². The van der Waals surface area contributed by atoms with Crippen molar-refractivity contribution in [2.45, 2.75) is 12.6 Å². The fourth-order valence-corrected chi connectivity index (χ4v) is 3.67. The van der Waals surface area contributed by atoms with Gasteiger partial charge in [-0.1, -0.05) is 24.3 Å². The van der Waals surface area contributed by atoms with Crippen molar-refractivity contribution in [2.75, 3.05) is 13.7 Å². The molecule has 1 atom stereocenters. The van der Waals surface area contributed by atoms with Crippen LogP contribution in [-0.2, 0) is 11.3 Å². The summed E-state index contributed by atoms with van der Waals surface area (Å²) in [6.45, 7) is 0.628. The Morgan fingerprint density at radius 1 is 1.22 bits per heavy atom.